The van der Waals surface area contributed by atoms with E-state index in [1.165, 1.54) is 41.5 Å². The van der Waals surface area contributed by atoms with Crippen molar-refractivity contribution >= 4 is 17.7 Å². The summed E-state index contributed by atoms with van der Waals surface area (Å²) in [5, 5.41) is 20.9. The van der Waals surface area contributed by atoms with Crippen molar-refractivity contribution in [3.8, 4) is 16.8 Å². The normalized spacial score (nSPS) is 16.3. The number of hydrogen-bond acceptors (Lipinski definition) is 11. The average molecular weight is 833 g/mol. The first kappa shape index (κ1) is 41.3. The highest BCUT2D eigenvalue weighted by Crippen LogP contribution is 2.45. The van der Waals surface area contributed by atoms with E-state index in [2.05, 4.69) is 36.1 Å². The lowest BCUT2D eigenvalue weighted by atomic mass is 9.84. The van der Waals surface area contributed by atoms with Gasteiger partial charge >= 0.3 is 11.6 Å². The van der Waals surface area contributed by atoms with Crippen LogP contribution in [0.4, 0.5) is 24.5 Å². The molecule has 0 saturated carbocycles. The number of aliphatic hydroxyl groups is 1. The zero-order chi connectivity index (χ0) is 42.6. The molecule has 0 aliphatic carbocycles. The Kier molecular flexibility index (Phi) is 11.9. The fourth-order valence-corrected chi connectivity index (χ4v) is 7.88. The topological polar surface area (TPSA) is 128 Å². The molecule has 2 aromatic heterocycles. The number of anilines is 2. The second-order valence-electron chi connectivity index (χ2n) is 15.2. The van der Waals surface area contributed by atoms with Crippen LogP contribution in [0.3, 0.4) is 0 Å². The van der Waals surface area contributed by atoms with Gasteiger partial charge in [-0.2, -0.15) is 19.0 Å². The van der Waals surface area contributed by atoms with E-state index in [-0.39, 0.29) is 23.4 Å². The summed E-state index contributed by atoms with van der Waals surface area (Å²) in [7, 11) is 0. The van der Waals surface area contributed by atoms with E-state index in [0.717, 1.165) is 71.5 Å². The Morgan fingerprint density at radius 2 is 1.49 bits per heavy atom. The van der Waals surface area contributed by atoms with Crippen LogP contribution in [0.5, 0.6) is 0 Å². The zero-order valence-electron chi connectivity index (χ0n) is 33.8. The van der Waals surface area contributed by atoms with Crippen LogP contribution in [0.1, 0.15) is 43.1 Å². The molecular formula is C45H47F3N10O3. The fraction of sp³-hybridized carbons (Fsp3) is 0.289. The third-order valence-electron chi connectivity index (χ3n) is 11.4. The highest BCUT2D eigenvalue weighted by molar-refractivity contribution is 5.66. The molecule has 1 saturated heterocycles. The Labute approximate surface area is 351 Å². The number of benzene rings is 4. The molecule has 3 N–H and O–H groups in total. The fourth-order valence-electron chi connectivity index (χ4n) is 7.88. The Hall–Kier alpha value is -6.49. The van der Waals surface area contributed by atoms with Crippen molar-refractivity contribution in [2.24, 2.45) is 5.10 Å². The van der Waals surface area contributed by atoms with Crippen molar-refractivity contribution in [2.45, 2.75) is 50.5 Å². The summed E-state index contributed by atoms with van der Waals surface area (Å²) in [5.74, 6) is -4.68. The number of hydrogen-bond donors (Lipinski definition) is 3. The molecule has 4 aromatic carbocycles. The first-order valence-corrected chi connectivity index (χ1v) is 20.2. The molecule has 16 heteroatoms. The van der Waals surface area contributed by atoms with Crippen molar-refractivity contribution in [2.75, 3.05) is 42.5 Å². The lowest BCUT2D eigenvalue weighted by Crippen LogP contribution is -2.54. The molecule has 316 valence electrons. The molecule has 0 bridgehead atoms. The summed E-state index contributed by atoms with van der Waals surface area (Å²) in [6.07, 6.45) is 4.60. The summed E-state index contributed by atoms with van der Waals surface area (Å²) in [4.78, 5) is 22.2. The minimum Gasteiger partial charge on any atom is -0.377 e. The van der Waals surface area contributed by atoms with Gasteiger partial charge in [-0.05, 0) is 84.6 Å². The second kappa shape index (κ2) is 17.6. The molecule has 1 unspecified atom stereocenters. The highest BCUT2D eigenvalue weighted by Gasteiger charge is 2.57. The number of ether oxygens (including phenoxy) is 1. The number of rotatable bonds is 15. The van der Waals surface area contributed by atoms with Gasteiger partial charge in [0.1, 0.15) is 24.2 Å². The Morgan fingerprint density at radius 1 is 0.836 bits per heavy atom. The second-order valence-corrected chi connectivity index (χ2v) is 15.2. The van der Waals surface area contributed by atoms with Gasteiger partial charge in [0.25, 0.3) is 0 Å². The molecule has 0 amide bonds. The first-order valence-electron chi connectivity index (χ1n) is 20.2. The van der Waals surface area contributed by atoms with Gasteiger partial charge in [-0.25, -0.2) is 24.0 Å². The maximum atomic E-state index is 16.2. The molecule has 13 nitrogen and oxygen atoms in total. The lowest BCUT2D eigenvalue weighted by molar-refractivity contribution is -0.204. The van der Waals surface area contributed by atoms with E-state index in [4.69, 9.17) is 4.74 Å². The molecule has 1 fully saturated rings. The Bertz CT molecular complexity index is 2480. The summed E-state index contributed by atoms with van der Waals surface area (Å²) in [6.45, 7) is 6.95. The summed E-state index contributed by atoms with van der Waals surface area (Å²) in [6, 6.07) is 32.8. The maximum absolute atomic E-state index is 16.2. The molecule has 0 radical (unpaired) electrons. The van der Waals surface area contributed by atoms with Gasteiger partial charge in [-0.15, -0.1) is 5.53 Å². The van der Waals surface area contributed by atoms with E-state index in [1.54, 1.807) is 10.9 Å². The number of aromatic nitrogens is 4. The number of alkyl halides is 2. The number of nitrogens with zero attached hydrogens (tertiary/aromatic N) is 8. The van der Waals surface area contributed by atoms with E-state index >= 15 is 8.78 Å². The predicted molar refractivity (Wildman–Crippen MR) is 228 cm³/mol. The molecule has 6 aromatic rings. The highest BCUT2D eigenvalue weighted by atomic mass is 19.3. The van der Waals surface area contributed by atoms with Gasteiger partial charge in [0.15, 0.2) is 5.60 Å². The maximum Gasteiger partial charge on any atom is 0.350 e. The van der Waals surface area contributed by atoms with Crippen LogP contribution in [-0.4, -0.2) is 74.6 Å². The van der Waals surface area contributed by atoms with Crippen molar-refractivity contribution in [1.82, 2.24) is 35.4 Å². The zero-order valence-corrected chi connectivity index (χ0v) is 33.8. The number of β-amino-alcohol motifs (C(OH)–C–C–N with tert-alkyl or cyclic N) is 1. The van der Waals surface area contributed by atoms with E-state index in [0.29, 0.717) is 18.6 Å². The number of hydrazine groups is 2. The van der Waals surface area contributed by atoms with Gasteiger partial charge in [-0.3, -0.25) is 9.99 Å². The number of halogens is 3. The minimum absolute atomic E-state index is 0.212. The van der Waals surface area contributed by atoms with Crippen LogP contribution in [0.25, 0.3) is 16.8 Å². The van der Waals surface area contributed by atoms with Gasteiger partial charge in [0.05, 0.1) is 31.0 Å². The third kappa shape index (κ3) is 8.60. The van der Waals surface area contributed by atoms with Crippen LogP contribution >= 0.6 is 0 Å². The number of pyridine rings is 1. The standard InChI is InChI=1S/C45H47F3N10O3/c1-3-41(32(2)61-28-33-8-5-4-6-9-33)58-43(59)57(31-51-58)40-19-17-39(18-20-40)55-24-22-54(23-25-55)38-15-12-34(13-16-38)35-14-21-42(49-27-35)45(47,48)44(60,29-56-30-50-52-53-56)36-10-7-11-37(46)26-36/h4-21,26-27,30-32,41,52-53,60H,3,22-25,28-29H2,1-2H3/t32-,41-,44?/m0/s1. The number of hydrazone groups is 1. The van der Waals surface area contributed by atoms with Crippen LogP contribution in [0.2, 0.25) is 0 Å². The third-order valence-corrected chi connectivity index (χ3v) is 11.4. The average Bonchev–Trinajstić information content (AvgIpc) is 3.95. The molecule has 3 atom stereocenters. The SMILES string of the molecule is CC[C@@H]([C@H](C)OCc1ccccc1)n1ncn(-c2ccc(N3CCN(c4ccc(-c5ccc(C(F)(F)C(O)(CN6C=NNN6)c6cccc(F)c6)nc5)cc4)CC3)cc2)c1=O. The summed E-state index contributed by atoms with van der Waals surface area (Å²) >= 11 is 0. The lowest BCUT2D eigenvalue weighted by Gasteiger charge is -2.38. The quantitative estimate of drug-likeness (QED) is 0.108. The van der Waals surface area contributed by atoms with Gasteiger partial charge in [-0.1, -0.05) is 67.6 Å². The summed E-state index contributed by atoms with van der Waals surface area (Å²) in [5.41, 5.74) is 6.20. The van der Waals surface area contributed by atoms with Gasteiger partial charge < -0.3 is 19.6 Å². The van der Waals surface area contributed by atoms with Crippen molar-refractivity contribution in [3.63, 3.8) is 0 Å². The van der Waals surface area contributed by atoms with Crippen LogP contribution in [-0.2, 0) is 22.9 Å². The number of nitrogens with one attached hydrogen (secondary N) is 2. The Morgan fingerprint density at radius 3 is 2.10 bits per heavy atom. The van der Waals surface area contributed by atoms with Gasteiger partial charge in [0, 0.05) is 49.3 Å². The van der Waals surface area contributed by atoms with E-state index in [1.807, 2.05) is 92.7 Å². The molecule has 2 aliphatic rings. The van der Waals surface area contributed by atoms with Gasteiger partial charge in [0.2, 0.25) is 0 Å². The van der Waals surface area contributed by atoms with Crippen LogP contribution < -0.4 is 26.6 Å². The van der Waals surface area contributed by atoms with Crippen molar-refractivity contribution in [3.05, 3.63) is 161 Å². The van der Waals surface area contributed by atoms with E-state index < -0.39 is 29.6 Å². The molecule has 0 spiro atoms. The minimum atomic E-state index is -3.93. The predicted octanol–water partition coefficient (Wildman–Crippen LogP) is 6.37. The van der Waals surface area contributed by atoms with Crippen molar-refractivity contribution in [1.29, 1.82) is 0 Å². The first-order chi connectivity index (χ1) is 29.5. The summed E-state index contributed by atoms with van der Waals surface area (Å²) < 4.78 is 55.9. The Balaban J connectivity index is 0.878. The number of piperazine rings is 1. The van der Waals surface area contributed by atoms with E-state index in [9.17, 15) is 14.3 Å². The molecule has 8 rings (SSSR count). The molecule has 4 heterocycles. The molecule has 2 aliphatic heterocycles. The van der Waals surface area contributed by atoms with Crippen LogP contribution in [0, 0.1) is 5.82 Å². The molecule has 61 heavy (non-hydrogen) atoms. The smallest absolute Gasteiger partial charge is 0.350 e. The largest absolute Gasteiger partial charge is 0.377 e. The van der Waals surface area contributed by atoms with Crippen molar-refractivity contribution < 1.29 is 23.0 Å². The van der Waals surface area contributed by atoms with Crippen LogP contribution in [0.15, 0.2) is 138 Å². The molecular weight excluding hydrogens is 786 g/mol. The monoisotopic (exact) mass is 832 g/mol.